The van der Waals surface area contributed by atoms with Crippen LogP contribution in [0.1, 0.15) is 29.3 Å². The zero-order chi connectivity index (χ0) is 15.8. The third-order valence-electron chi connectivity index (χ3n) is 3.02. The SMILES string of the molecule is CCOC(=O)c1cccc(NC(=O)CCc2cccnc2)c1. The molecule has 1 aromatic heterocycles. The molecule has 22 heavy (non-hydrogen) atoms. The first kappa shape index (κ1) is 15.7. The number of rotatable bonds is 6. The molecule has 1 heterocycles. The molecule has 0 spiro atoms. The summed E-state index contributed by atoms with van der Waals surface area (Å²) in [6.07, 6.45) is 4.42. The van der Waals surface area contributed by atoms with E-state index in [1.54, 1.807) is 43.6 Å². The molecule has 0 aliphatic heterocycles. The van der Waals surface area contributed by atoms with Crippen LogP contribution in [0.2, 0.25) is 0 Å². The Morgan fingerprint density at radius 1 is 1.23 bits per heavy atom. The number of pyridine rings is 1. The first-order valence-corrected chi connectivity index (χ1v) is 7.15. The molecule has 0 saturated carbocycles. The van der Waals surface area contributed by atoms with Crippen molar-refractivity contribution in [2.24, 2.45) is 0 Å². The Labute approximate surface area is 129 Å². The van der Waals surface area contributed by atoms with E-state index in [1.807, 2.05) is 12.1 Å². The van der Waals surface area contributed by atoms with Crippen LogP contribution >= 0.6 is 0 Å². The van der Waals surface area contributed by atoms with Gasteiger partial charge in [0.05, 0.1) is 12.2 Å². The number of carbonyl (C=O) groups excluding carboxylic acids is 2. The summed E-state index contributed by atoms with van der Waals surface area (Å²) in [6, 6.07) is 10.5. The molecule has 0 atom stereocenters. The van der Waals surface area contributed by atoms with Crippen molar-refractivity contribution in [2.45, 2.75) is 19.8 Å². The van der Waals surface area contributed by atoms with Gasteiger partial charge in [-0.15, -0.1) is 0 Å². The highest BCUT2D eigenvalue weighted by Crippen LogP contribution is 2.12. The van der Waals surface area contributed by atoms with Crippen molar-refractivity contribution in [3.8, 4) is 0 Å². The molecule has 0 aliphatic rings. The second-order valence-electron chi connectivity index (χ2n) is 4.71. The van der Waals surface area contributed by atoms with Crippen LogP contribution in [-0.4, -0.2) is 23.5 Å². The van der Waals surface area contributed by atoms with Crippen LogP contribution in [0.3, 0.4) is 0 Å². The molecule has 114 valence electrons. The number of ether oxygens (including phenoxy) is 1. The minimum Gasteiger partial charge on any atom is -0.462 e. The number of amides is 1. The maximum Gasteiger partial charge on any atom is 0.338 e. The fraction of sp³-hybridized carbons (Fsp3) is 0.235. The normalized spacial score (nSPS) is 10.0. The Kier molecular flexibility index (Phi) is 5.65. The number of nitrogens with zero attached hydrogens (tertiary/aromatic N) is 1. The average molecular weight is 298 g/mol. The fourth-order valence-corrected chi connectivity index (χ4v) is 1.97. The zero-order valence-electron chi connectivity index (χ0n) is 12.4. The predicted octanol–water partition coefficient (Wildman–Crippen LogP) is 2.83. The average Bonchev–Trinajstić information content (AvgIpc) is 2.54. The number of anilines is 1. The van der Waals surface area contributed by atoms with E-state index in [4.69, 9.17) is 4.74 Å². The van der Waals surface area contributed by atoms with Gasteiger partial charge in [-0.3, -0.25) is 9.78 Å². The minimum absolute atomic E-state index is 0.107. The Morgan fingerprint density at radius 3 is 2.82 bits per heavy atom. The van der Waals surface area contributed by atoms with E-state index in [0.717, 1.165) is 5.56 Å². The van der Waals surface area contributed by atoms with Crippen LogP contribution in [0, 0.1) is 0 Å². The predicted molar refractivity (Wildman–Crippen MR) is 83.6 cm³/mol. The molecule has 2 rings (SSSR count). The summed E-state index contributed by atoms with van der Waals surface area (Å²) >= 11 is 0. The third-order valence-corrected chi connectivity index (χ3v) is 3.02. The Morgan fingerprint density at radius 2 is 2.09 bits per heavy atom. The molecule has 0 aliphatic carbocycles. The molecule has 5 heteroatoms. The fourth-order valence-electron chi connectivity index (χ4n) is 1.97. The van der Waals surface area contributed by atoms with Crippen molar-refractivity contribution >= 4 is 17.6 Å². The molecule has 0 radical (unpaired) electrons. The van der Waals surface area contributed by atoms with Gasteiger partial charge in [-0.1, -0.05) is 12.1 Å². The zero-order valence-corrected chi connectivity index (χ0v) is 12.4. The van der Waals surface area contributed by atoms with E-state index in [2.05, 4.69) is 10.3 Å². The second kappa shape index (κ2) is 7.93. The van der Waals surface area contributed by atoms with E-state index < -0.39 is 5.97 Å². The van der Waals surface area contributed by atoms with Gasteiger partial charge < -0.3 is 10.1 Å². The van der Waals surface area contributed by atoms with E-state index in [1.165, 1.54) is 0 Å². The van der Waals surface area contributed by atoms with Gasteiger partial charge in [0, 0.05) is 24.5 Å². The number of nitrogens with one attached hydrogen (secondary N) is 1. The van der Waals surface area contributed by atoms with Gasteiger partial charge in [-0.25, -0.2) is 4.79 Å². The van der Waals surface area contributed by atoms with Gasteiger partial charge in [0.2, 0.25) is 5.91 Å². The molecular weight excluding hydrogens is 280 g/mol. The van der Waals surface area contributed by atoms with Crippen molar-refractivity contribution in [2.75, 3.05) is 11.9 Å². The van der Waals surface area contributed by atoms with Gasteiger partial charge >= 0.3 is 5.97 Å². The summed E-state index contributed by atoms with van der Waals surface area (Å²) in [4.78, 5) is 27.6. The van der Waals surface area contributed by atoms with E-state index in [-0.39, 0.29) is 5.91 Å². The van der Waals surface area contributed by atoms with Crippen molar-refractivity contribution in [3.05, 3.63) is 59.9 Å². The maximum absolute atomic E-state index is 11.9. The number of benzene rings is 1. The second-order valence-corrected chi connectivity index (χ2v) is 4.71. The monoisotopic (exact) mass is 298 g/mol. The number of hydrogen-bond acceptors (Lipinski definition) is 4. The van der Waals surface area contributed by atoms with Crippen molar-refractivity contribution < 1.29 is 14.3 Å². The lowest BCUT2D eigenvalue weighted by Gasteiger charge is -2.07. The highest BCUT2D eigenvalue weighted by molar-refractivity contribution is 5.94. The quantitative estimate of drug-likeness (QED) is 0.833. The Bertz CT molecular complexity index is 641. The molecule has 0 unspecified atom stereocenters. The highest BCUT2D eigenvalue weighted by atomic mass is 16.5. The van der Waals surface area contributed by atoms with Crippen molar-refractivity contribution in [3.63, 3.8) is 0 Å². The number of carbonyl (C=O) groups is 2. The largest absolute Gasteiger partial charge is 0.462 e. The lowest BCUT2D eigenvalue weighted by atomic mass is 10.1. The minimum atomic E-state index is -0.394. The van der Waals surface area contributed by atoms with Crippen LogP contribution in [0.15, 0.2) is 48.8 Å². The summed E-state index contributed by atoms with van der Waals surface area (Å²) in [6.45, 7) is 2.07. The summed E-state index contributed by atoms with van der Waals surface area (Å²) in [5.74, 6) is -0.501. The van der Waals surface area contributed by atoms with Crippen LogP contribution in [-0.2, 0) is 16.0 Å². The van der Waals surface area contributed by atoms with E-state index in [0.29, 0.717) is 30.7 Å². The number of aromatic nitrogens is 1. The van der Waals surface area contributed by atoms with Gasteiger partial charge in [0.25, 0.3) is 0 Å². The van der Waals surface area contributed by atoms with Crippen LogP contribution in [0.4, 0.5) is 5.69 Å². The molecule has 1 N–H and O–H groups in total. The summed E-state index contributed by atoms with van der Waals surface area (Å²) < 4.78 is 4.93. The number of esters is 1. The molecule has 1 aromatic carbocycles. The maximum atomic E-state index is 11.9. The first-order valence-electron chi connectivity index (χ1n) is 7.15. The summed E-state index contributed by atoms with van der Waals surface area (Å²) in [5.41, 5.74) is 2.02. The van der Waals surface area contributed by atoms with Gasteiger partial charge in [-0.2, -0.15) is 0 Å². The topological polar surface area (TPSA) is 68.3 Å². The smallest absolute Gasteiger partial charge is 0.338 e. The van der Waals surface area contributed by atoms with Crippen molar-refractivity contribution in [1.29, 1.82) is 0 Å². The van der Waals surface area contributed by atoms with Gasteiger partial charge in [0.1, 0.15) is 0 Å². The summed E-state index contributed by atoms with van der Waals surface area (Å²) in [7, 11) is 0. The summed E-state index contributed by atoms with van der Waals surface area (Å²) in [5, 5.41) is 2.78. The number of hydrogen-bond donors (Lipinski definition) is 1. The van der Waals surface area contributed by atoms with E-state index in [9.17, 15) is 9.59 Å². The lowest BCUT2D eigenvalue weighted by molar-refractivity contribution is -0.116. The lowest BCUT2D eigenvalue weighted by Crippen LogP contribution is -2.13. The molecule has 0 bridgehead atoms. The van der Waals surface area contributed by atoms with E-state index >= 15 is 0 Å². The van der Waals surface area contributed by atoms with Crippen LogP contribution < -0.4 is 5.32 Å². The molecule has 5 nitrogen and oxygen atoms in total. The molecule has 0 saturated heterocycles. The Hall–Kier alpha value is -2.69. The van der Waals surface area contributed by atoms with Gasteiger partial charge in [-0.05, 0) is 43.2 Å². The third kappa shape index (κ3) is 4.70. The van der Waals surface area contributed by atoms with Crippen molar-refractivity contribution in [1.82, 2.24) is 4.98 Å². The molecular formula is C17H18N2O3. The molecule has 2 aromatic rings. The van der Waals surface area contributed by atoms with Crippen LogP contribution in [0.25, 0.3) is 0 Å². The molecule has 0 fully saturated rings. The van der Waals surface area contributed by atoms with Crippen LogP contribution in [0.5, 0.6) is 0 Å². The molecule has 1 amide bonds. The number of aryl methyl sites for hydroxylation is 1. The highest BCUT2D eigenvalue weighted by Gasteiger charge is 2.08. The van der Waals surface area contributed by atoms with Gasteiger partial charge in [0.15, 0.2) is 0 Å². The first-order chi connectivity index (χ1) is 10.7. The Balaban J connectivity index is 1.91. The standard InChI is InChI=1S/C17H18N2O3/c1-2-22-17(21)14-6-3-7-15(11-14)19-16(20)9-8-13-5-4-10-18-12-13/h3-7,10-12H,2,8-9H2,1H3,(H,19,20).